The third-order valence-corrected chi connectivity index (χ3v) is 6.90. The second-order valence-corrected chi connectivity index (χ2v) is 8.88. The Morgan fingerprint density at radius 1 is 1.19 bits per heavy atom. The van der Waals surface area contributed by atoms with Crippen molar-refractivity contribution >= 4 is 28.5 Å². The van der Waals surface area contributed by atoms with Crippen molar-refractivity contribution in [2.24, 2.45) is 0 Å². The first-order valence-electron chi connectivity index (χ1n) is 11.4. The minimum Gasteiger partial charge on any atom is -0.457 e. The lowest BCUT2D eigenvalue weighted by molar-refractivity contribution is -0.173. The van der Waals surface area contributed by atoms with Gasteiger partial charge in [0.2, 0.25) is 5.60 Å². The number of pyridine rings is 2. The van der Waals surface area contributed by atoms with Gasteiger partial charge in [0.1, 0.15) is 12.4 Å². The summed E-state index contributed by atoms with van der Waals surface area (Å²) in [5.74, 6) is -2.11. The van der Waals surface area contributed by atoms with Gasteiger partial charge in [0.15, 0.2) is 0 Å². The van der Waals surface area contributed by atoms with Crippen molar-refractivity contribution in [1.82, 2.24) is 9.55 Å². The van der Waals surface area contributed by atoms with Gasteiger partial charge >= 0.3 is 11.9 Å². The Morgan fingerprint density at radius 2 is 1.97 bits per heavy atom. The molecule has 2 aliphatic rings. The molecule has 36 heavy (non-hydrogen) atoms. The van der Waals surface area contributed by atoms with E-state index in [1.165, 1.54) is 12.1 Å². The average Bonchev–Trinajstić information content (AvgIpc) is 3.23. The molecule has 2 aromatic heterocycles. The number of benzene rings is 2. The number of fused-ring (bicyclic) bond motifs is 5. The van der Waals surface area contributed by atoms with Crippen LogP contribution < -0.4 is 11.3 Å². The molecular formula is C27H20FN3O5. The maximum atomic E-state index is 13.6. The molecule has 0 amide bonds. The Labute approximate surface area is 204 Å². The fourth-order valence-corrected chi connectivity index (χ4v) is 4.99. The molecule has 180 valence electrons. The van der Waals surface area contributed by atoms with Crippen LogP contribution in [0.25, 0.3) is 22.3 Å². The number of aromatic nitrogens is 2. The van der Waals surface area contributed by atoms with E-state index in [1.54, 1.807) is 29.7 Å². The van der Waals surface area contributed by atoms with Crippen LogP contribution in [0.2, 0.25) is 0 Å². The minimum atomic E-state index is -1.84. The summed E-state index contributed by atoms with van der Waals surface area (Å²) in [5.41, 5.74) is 7.72. The Kier molecular flexibility index (Phi) is 4.72. The Bertz CT molecular complexity index is 1660. The smallest absolute Gasteiger partial charge is 0.355 e. The van der Waals surface area contributed by atoms with Crippen molar-refractivity contribution in [1.29, 1.82) is 0 Å². The third-order valence-electron chi connectivity index (χ3n) is 6.90. The lowest BCUT2D eigenvalue weighted by Gasteiger charge is -2.35. The number of carbonyl (C=O) groups excluding carboxylic acids is 2. The number of anilines is 1. The number of esters is 2. The van der Waals surface area contributed by atoms with Crippen molar-refractivity contribution in [3.8, 4) is 11.4 Å². The number of rotatable bonds is 3. The summed E-state index contributed by atoms with van der Waals surface area (Å²) in [6, 6.07) is 13.8. The molecule has 0 bridgehead atoms. The zero-order chi connectivity index (χ0) is 25.2. The van der Waals surface area contributed by atoms with Gasteiger partial charge in [-0.05, 0) is 55.0 Å². The predicted octanol–water partition coefficient (Wildman–Crippen LogP) is 3.67. The molecular weight excluding hydrogens is 465 g/mol. The van der Waals surface area contributed by atoms with Gasteiger partial charge in [0.25, 0.3) is 5.56 Å². The zero-order valence-corrected chi connectivity index (χ0v) is 19.2. The molecule has 4 aromatic rings. The summed E-state index contributed by atoms with van der Waals surface area (Å²) >= 11 is 0. The average molecular weight is 485 g/mol. The topological polar surface area (TPSA) is 114 Å². The summed E-state index contributed by atoms with van der Waals surface area (Å²) < 4.78 is 26.0. The van der Waals surface area contributed by atoms with E-state index in [0.29, 0.717) is 22.6 Å². The van der Waals surface area contributed by atoms with Crippen molar-refractivity contribution in [2.45, 2.75) is 32.1 Å². The lowest BCUT2D eigenvalue weighted by Crippen LogP contribution is -2.47. The second-order valence-electron chi connectivity index (χ2n) is 8.88. The first-order chi connectivity index (χ1) is 17.3. The number of cyclic esters (lactones) is 1. The number of nitrogens with zero attached hydrogens (tertiary/aromatic N) is 2. The van der Waals surface area contributed by atoms with Crippen LogP contribution in [0.15, 0.2) is 59.4 Å². The van der Waals surface area contributed by atoms with Gasteiger partial charge < -0.3 is 19.8 Å². The molecule has 2 aliphatic heterocycles. The van der Waals surface area contributed by atoms with Gasteiger partial charge in [-0.15, -0.1) is 0 Å². The van der Waals surface area contributed by atoms with Gasteiger partial charge in [0, 0.05) is 22.2 Å². The Hall–Kier alpha value is -4.53. The highest BCUT2D eigenvalue weighted by Crippen LogP contribution is 2.41. The van der Waals surface area contributed by atoms with Crippen LogP contribution in [0.3, 0.4) is 0 Å². The van der Waals surface area contributed by atoms with Gasteiger partial charge in [0.05, 0.1) is 34.6 Å². The van der Waals surface area contributed by atoms with Crippen LogP contribution in [0.5, 0.6) is 0 Å². The fourth-order valence-electron chi connectivity index (χ4n) is 4.99. The Balaban J connectivity index is 1.52. The third kappa shape index (κ3) is 3.05. The van der Waals surface area contributed by atoms with E-state index in [-0.39, 0.29) is 41.8 Å². The summed E-state index contributed by atoms with van der Waals surface area (Å²) in [6.45, 7) is 1.72. The molecule has 1 atom stereocenters. The SMILES string of the molecule is CC[C@@]1(OC(=O)c2ccc(F)cc2)C(=O)OCc2c1cc1n(c2=O)Cc2cc3c(N)cccc3nc2-1. The fraction of sp³-hybridized carbons (Fsp3) is 0.185. The van der Waals surface area contributed by atoms with Crippen LogP contribution in [0.1, 0.15) is 40.4 Å². The van der Waals surface area contributed by atoms with Crippen LogP contribution >= 0.6 is 0 Å². The summed E-state index contributed by atoms with van der Waals surface area (Å²) in [7, 11) is 0. The van der Waals surface area contributed by atoms with E-state index in [0.717, 1.165) is 23.1 Å². The molecule has 2 aromatic carbocycles. The van der Waals surface area contributed by atoms with Crippen LogP contribution in [-0.4, -0.2) is 21.5 Å². The number of carbonyl (C=O) groups is 2. The summed E-state index contributed by atoms with van der Waals surface area (Å²) in [6.07, 6.45) is 0.0310. The standard InChI is InChI=1S/C27H20FN3O5/c1-2-27(36-25(33)14-6-8-16(28)9-7-14)19-11-22-23-15(10-17-20(29)4-3-5-21(17)30-23)12-31(22)24(32)18(19)13-35-26(27)34/h3-11H,2,12-13,29H2,1H3/t27-/m0/s1. The van der Waals surface area contributed by atoms with E-state index < -0.39 is 23.4 Å². The molecule has 0 unspecified atom stereocenters. The van der Waals surface area contributed by atoms with Crippen molar-refractivity contribution < 1.29 is 23.5 Å². The molecule has 0 spiro atoms. The quantitative estimate of drug-likeness (QED) is 0.306. The van der Waals surface area contributed by atoms with E-state index in [2.05, 4.69) is 0 Å². The van der Waals surface area contributed by atoms with E-state index in [4.69, 9.17) is 20.2 Å². The van der Waals surface area contributed by atoms with Gasteiger partial charge in [-0.2, -0.15) is 0 Å². The molecule has 0 saturated heterocycles. The zero-order valence-electron chi connectivity index (χ0n) is 19.2. The highest BCUT2D eigenvalue weighted by atomic mass is 19.1. The van der Waals surface area contributed by atoms with E-state index in [9.17, 15) is 18.8 Å². The normalized spacial score (nSPS) is 17.8. The van der Waals surface area contributed by atoms with Crippen LogP contribution in [-0.2, 0) is 33.0 Å². The number of halogens is 1. The van der Waals surface area contributed by atoms with Crippen molar-refractivity contribution in [3.63, 3.8) is 0 Å². The highest BCUT2D eigenvalue weighted by molar-refractivity contribution is 5.95. The number of hydrogen-bond donors (Lipinski definition) is 1. The first-order valence-corrected chi connectivity index (χ1v) is 11.4. The van der Waals surface area contributed by atoms with Gasteiger partial charge in [-0.25, -0.2) is 19.0 Å². The summed E-state index contributed by atoms with van der Waals surface area (Å²) in [4.78, 5) is 44.4. The first kappa shape index (κ1) is 22.0. The van der Waals surface area contributed by atoms with Gasteiger partial charge in [-0.1, -0.05) is 13.0 Å². The molecule has 0 radical (unpaired) electrons. The number of nitrogens with two attached hydrogens (primary N) is 1. The highest BCUT2D eigenvalue weighted by Gasteiger charge is 2.50. The molecule has 8 nitrogen and oxygen atoms in total. The molecule has 9 heteroatoms. The summed E-state index contributed by atoms with van der Waals surface area (Å²) in [5, 5.41) is 0.788. The molecule has 4 heterocycles. The van der Waals surface area contributed by atoms with E-state index >= 15 is 0 Å². The van der Waals surface area contributed by atoms with Gasteiger partial charge in [-0.3, -0.25) is 4.79 Å². The number of hydrogen-bond acceptors (Lipinski definition) is 7. The molecule has 2 N–H and O–H groups in total. The monoisotopic (exact) mass is 485 g/mol. The molecule has 0 fully saturated rings. The maximum absolute atomic E-state index is 13.6. The van der Waals surface area contributed by atoms with E-state index in [1.807, 2.05) is 12.1 Å². The lowest BCUT2D eigenvalue weighted by atomic mass is 9.85. The molecule has 6 rings (SSSR count). The number of ether oxygens (including phenoxy) is 2. The van der Waals surface area contributed by atoms with Crippen LogP contribution in [0.4, 0.5) is 10.1 Å². The predicted molar refractivity (Wildman–Crippen MR) is 129 cm³/mol. The number of nitrogen functional groups attached to an aromatic ring is 1. The second kappa shape index (κ2) is 7.74. The maximum Gasteiger partial charge on any atom is 0.355 e. The van der Waals surface area contributed by atoms with Crippen molar-refractivity contribution in [2.75, 3.05) is 5.73 Å². The molecule has 0 saturated carbocycles. The largest absolute Gasteiger partial charge is 0.457 e. The van der Waals surface area contributed by atoms with Crippen molar-refractivity contribution in [3.05, 3.63) is 93.0 Å². The van der Waals surface area contributed by atoms with Crippen LogP contribution in [0, 0.1) is 5.82 Å². The molecule has 0 aliphatic carbocycles. The minimum absolute atomic E-state index is 0.0310. The Morgan fingerprint density at radius 3 is 2.72 bits per heavy atom.